The normalized spacial score (nSPS) is 13.0. The third-order valence-corrected chi connectivity index (χ3v) is 2.69. The van der Waals surface area contributed by atoms with Gasteiger partial charge in [-0.3, -0.25) is 9.59 Å². The van der Waals surface area contributed by atoms with Crippen molar-refractivity contribution in [3.8, 4) is 5.75 Å². The summed E-state index contributed by atoms with van der Waals surface area (Å²) in [5.74, 6) is -2.27. The molecule has 0 aliphatic heterocycles. The van der Waals surface area contributed by atoms with Crippen LogP contribution >= 0.6 is 0 Å². The smallest absolute Gasteiger partial charge is 0.326 e. The molecule has 0 aliphatic rings. The van der Waals surface area contributed by atoms with E-state index in [0.717, 1.165) is 5.56 Å². The molecule has 0 bridgehead atoms. The van der Waals surface area contributed by atoms with Crippen molar-refractivity contribution >= 4 is 17.8 Å². The van der Waals surface area contributed by atoms with Crippen LogP contribution in [0.4, 0.5) is 0 Å². The summed E-state index contributed by atoms with van der Waals surface area (Å²) in [6.45, 7) is 3.37. The number of carboxylic acids is 1. The van der Waals surface area contributed by atoms with E-state index < -0.39 is 36.4 Å². The van der Waals surface area contributed by atoms with Gasteiger partial charge in [0.2, 0.25) is 5.91 Å². The Morgan fingerprint density at radius 2 is 2.05 bits per heavy atom. The first-order valence-electron chi connectivity index (χ1n) is 6.34. The number of carboxylic acid groups (broad SMARTS) is 1. The highest BCUT2D eigenvalue weighted by molar-refractivity contribution is 5.89. The molecule has 7 heteroatoms. The molecule has 1 aromatic carbocycles. The van der Waals surface area contributed by atoms with Crippen molar-refractivity contribution in [3.05, 3.63) is 29.8 Å². The Labute approximate surface area is 122 Å². The van der Waals surface area contributed by atoms with Crippen LogP contribution < -0.4 is 15.8 Å². The molecular weight excluding hydrogens is 276 g/mol. The van der Waals surface area contributed by atoms with E-state index in [9.17, 15) is 14.4 Å². The molecule has 0 saturated heterocycles. The van der Waals surface area contributed by atoms with E-state index in [2.05, 4.69) is 5.32 Å². The van der Waals surface area contributed by atoms with E-state index in [1.54, 1.807) is 18.2 Å². The number of hydrogen-bond acceptors (Lipinski definition) is 4. The number of primary amides is 1. The van der Waals surface area contributed by atoms with Crippen LogP contribution in [0.1, 0.15) is 18.9 Å². The third-order valence-electron chi connectivity index (χ3n) is 2.69. The first-order valence-corrected chi connectivity index (χ1v) is 6.34. The number of benzene rings is 1. The van der Waals surface area contributed by atoms with E-state index in [-0.39, 0.29) is 0 Å². The van der Waals surface area contributed by atoms with Gasteiger partial charge in [0.05, 0.1) is 6.42 Å². The van der Waals surface area contributed by atoms with Crippen LogP contribution in [-0.4, -0.2) is 35.0 Å². The molecule has 0 heterocycles. The lowest BCUT2D eigenvalue weighted by Gasteiger charge is -2.18. The minimum Gasteiger partial charge on any atom is -0.481 e. The van der Waals surface area contributed by atoms with Crippen molar-refractivity contribution in [2.75, 3.05) is 0 Å². The summed E-state index contributed by atoms with van der Waals surface area (Å²) in [5, 5.41) is 11.1. The van der Waals surface area contributed by atoms with Crippen LogP contribution in [-0.2, 0) is 14.4 Å². The van der Waals surface area contributed by atoms with Gasteiger partial charge in [0.25, 0.3) is 5.91 Å². The number of carbonyl (C=O) groups is 3. The Hall–Kier alpha value is -2.57. The molecule has 1 unspecified atom stereocenters. The summed E-state index contributed by atoms with van der Waals surface area (Å²) < 4.78 is 5.42. The Kier molecular flexibility index (Phi) is 5.71. The average molecular weight is 294 g/mol. The lowest BCUT2D eigenvalue weighted by Crippen LogP contribution is -2.47. The number of nitrogens with two attached hydrogens (primary N) is 1. The predicted molar refractivity (Wildman–Crippen MR) is 74.6 cm³/mol. The fourth-order valence-corrected chi connectivity index (χ4v) is 1.64. The number of nitrogens with one attached hydrogen (secondary N) is 1. The maximum absolute atomic E-state index is 11.9. The molecule has 1 aromatic rings. The first-order chi connectivity index (χ1) is 9.79. The van der Waals surface area contributed by atoms with Crippen molar-refractivity contribution in [1.82, 2.24) is 5.32 Å². The summed E-state index contributed by atoms with van der Waals surface area (Å²) in [4.78, 5) is 33.6. The summed E-state index contributed by atoms with van der Waals surface area (Å²) >= 11 is 0. The maximum atomic E-state index is 11.9. The lowest BCUT2D eigenvalue weighted by atomic mass is 10.2. The highest BCUT2D eigenvalue weighted by Gasteiger charge is 2.25. The molecular formula is C14H18N2O5. The van der Waals surface area contributed by atoms with Crippen LogP contribution in [0, 0.1) is 6.92 Å². The van der Waals surface area contributed by atoms with E-state index in [1.807, 2.05) is 13.0 Å². The lowest BCUT2D eigenvalue weighted by molar-refractivity contribution is -0.144. The Morgan fingerprint density at radius 3 is 2.57 bits per heavy atom. The number of rotatable bonds is 7. The molecule has 2 atom stereocenters. The highest BCUT2D eigenvalue weighted by Crippen LogP contribution is 2.14. The minimum atomic E-state index is -1.36. The second kappa shape index (κ2) is 7.28. The average Bonchev–Trinajstić information content (AvgIpc) is 2.37. The van der Waals surface area contributed by atoms with E-state index in [1.165, 1.54) is 6.92 Å². The maximum Gasteiger partial charge on any atom is 0.326 e. The minimum absolute atomic E-state index is 0.474. The second-order valence-corrected chi connectivity index (χ2v) is 4.65. The van der Waals surface area contributed by atoms with Gasteiger partial charge in [-0.05, 0) is 31.5 Å². The number of amides is 2. The van der Waals surface area contributed by atoms with Gasteiger partial charge < -0.3 is 20.9 Å². The van der Waals surface area contributed by atoms with Gasteiger partial charge in [0, 0.05) is 0 Å². The molecule has 114 valence electrons. The second-order valence-electron chi connectivity index (χ2n) is 4.65. The van der Waals surface area contributed by atoms with Crippen LogP contribution in [0.5, 0.6) is 5.75 Å². The van der Waals surface area contributed by atoms with E-state index in [0.29, 0.717) is 5.75 Å². The fraction of sp³-hybridized carbons (Fsp3) is 0.357. The molecule has 21 heavy (non-hydrogen) atoms. The summed E-state index contributed by atoms with van der Waals surface area (Å²) in [6.07, 6.45) is -1.38. The van der Waals surface area contributed by atoms with Gasteiger partial charge in [0.1, 0.15) is 11.8 Å². The van der Waals surface area contributed by atoms with Gasteiger partial charge >= 0.3 is 5.97 Å². The zero-order valence-corrected chi connectivity index (χ0v) is 11.8. The summed E-state index contributed by atoms with van der Waals surface area (Å²) in [5.41, 5.74) is 5.91. The van der Waals surface area contributed by atoms with Gasteiger partial charge in [-0.1, -0.05) is 12.1 Å². The summed E-state index contributed by atoms with van der Waals surface area (Å²) in [6, 6.07) is 5.74. The van der Waals surface area contributed by atoms with Gasteiger partial charge in [-0.2, -0.15) is 0 Å². The number of ether oxygens (including phenoxy) is 1. The largest absolute Gasteiger partial charge is 0.481 e. The Bertz CT molecular complexity index is 544. The molecule has 0 aromatic heterocycles. The molecule has 4 N–H and O–H groups in total. The number of aryl methyl sites for hydroxylation is 1. The predicted octanol–water partition coefficient (Wildman–Crippen LogP) is 0.207. The van der Waals surface area contributed by atoms with Crippen molar-refractivity contribution in [3.63, 3.8) is 0 Å². The molecule has 0 saturated carbocycles. The van der Waals surface area contributed by atoms with Crippen LogP contribution in [0.25, 0.3) is 0 Å². The molecule has 0 fully saturated rings. The molecule has 1 rings (SSSR count). The van der Waals surface area contributed by atoms with Crippen LogP contribution in [0.2, 0.25) is 0 Å². The zero-order chi connectivity index (χ0) is 16.0. The topological polar surface area (TPSA) is 119 Å². The zero-order valence-electron chi connectivity index (χ0n) is 11.8. The highest BCUT2D eigenvalue weighted by atomic mass is 16.5. The molecule has 7 nitrogen and oxygen atoms in total. The van der Waals surface area contributed by atoms with E-state index >= 15 is 0 Å². The summed E-state index contributed by atoms with van der Waals surface area (Å²) in [7, 11) is 0. The monoisotopic (exact) mass is 294 g/mol. The quantitative estimate of drug-likeness (QED) is 0.664. The van der Waals surface area contributed by atoms with E-state index in [4.69, 9.17) is 15.6 Å². The van der Waals surface area contributed by atoms with Crippen LogP contribution in [0.3, 0.4) is 0 Å². The fourth-order valence-electron chi connectivity index (χ4n) is 1.64. The van der Waals surface area contributed by atoms with Gasteiger partial charge in [0.15, 0.2) is 6.10 Å². The van der Waals surface area contributed by atoms with Gasteiger partial charge in [-0.25, -0.2) is 4.79 Å². The van der Waals surface area contributed by atoms with Crippen molar-refractivity contribution in [2.45, 2.75) is 32.4 Å². The van der Waals surface area contributed by atoms with Crippen molar-refractivity contribution in [2.24, 2.45) is 5.73 Å². The number of carbonyl (C=O) groups excluding carboxylic acids is 2. The van der Waals surface area contributed by atoms with Crippen molar-refractivity contribution < 1.29 is 24.2 Å². The Morgan fingerprint density at radius 1 is 1.38 bits per heavy atom. The Balaban J connectivity index is 2.64. The van der Waals surface area contributed by atoms with Gasteiger partial charge in [-0.15, -0.1) is 0 Å². The number of aliphatic carboxylic acids is 1. The SMILES string of the molecule is Cc1cccc(OC(C)C(=O)N[C@@H](CC(N)=O)C(=O)O)c1. The number of hydrogen-bond donors (Lipinski definition) is 3. The molecule has 0 spiro atoms. The van der Waals surface area contributed by atoms with Crippen molar-refractivity contribution in [1.29, 1.82) is 0 Å². The first kappa shape index (κ1) is 16.5. The molecule has 2 amide bonds. The standard InChI is InChI=1S/C14H18N2O5/c1-8-4-3-5-10(6-8)21-9(2)13(18)16-11(14(19)20)7-12(15)17/h3-6,9,11H,7H2,1-2H3,(H2,15,17)(H,16,18)(H,19,20)/t9?,11-/m0/s1. The molecule has 0 radical (unpaired) electrons. The third kappa shape index (κ3) is 5.52. The molecule has 0 aliphatic carbocycles. The van der Waals surface area contributed by atoms with Crippen LogP contribution in [0.15, 0.2) is 24.3 Å².